The molecule has 0 spiro atoms. The molecular weight excluding hydrogens is 258 g/mol. The molecule has 0 aliphatic heterocycles. The topological polar surface area (TPSA) is 27.3 Å². The van der Waals surface area contributed by atoms with E-state index in [1.165, 1.54) is 12.8 Å². The molecular formula is C18H41N3. The van der Waals surface area contributed by atoms with Crippen LogP contribution < -0.4 is 10.9 Å². The summed E-state index contributed by atoms with van der Waals surface area (Å²) in [5.41, 5.74) is 7.90. The molecule has 0 saturated carbocycles. The second kappa shape index (κ2) is 9.12. The zero-order valence-corrected chi connectivity index (χ0v) is 16.1. The summed E-state index contributed by atoms with van der Waals surface area (Å²) in [4.78, 5) is 0. The third kappa shape index (κ3) is 11.1. The Morgan fingerprint density at radius 3 is 1.95 bits per heavy atom. The number of hydrogen-bond acceptors (Lipinski definition) is 3. The molecule has 0 aliphatic rings. The van der Waals surface area contributed by atoms with E-state index in [0.29, 0.717) is 22.7 Å². The Morgan fingerprint density at radius 1 is 0.952 bits per heavy atom. The van der Waals surface area contributed by atoms with Crippen LogP contribution in [-0.4, -0.2) is 24.8 Å². The van der Waals surface area contributed by atoms with Crippen LogP contribution in [0.25, 0.3) is 0 Å². The lowest BCUT2D eigenvalue weighted by Gasteiger charge is -2.33. The van der Waals surface area contributed by atoms with Crippen LogP contribution in [0.1, 0.15) is 75.2 Å². The van der Waals surface area contributed by atoms with Crippen molar-refractivity contribution in [1.29, 1.82) is 0 Å². The van der Waals surface area contributed by atoms with Crippen LogP contribution in [0, 0.1) is 22.7 Å². The van der Waals surface area contributed by atoms with Gasteiger partial charge in [-0.2, -0.15) is 5.12 Å². The lowest BCUT2D eigenvalue weighted by molar-refractivity contribution is 0.0675. The molecule has 0 fully saturated rings. The highest BCUT2D eigenvalue weighted by atomic mass is 15.7. The Balaban J connectivity index is 4.40. The van der Waals surface area contributed by atoms with E-state index >= 15 is 0 Å². The second-order valence-corrected chi connectivity index (χ2v) is 8.90. The molecule has 128 valence electrons. The molecule has 1 atom stereocenters. The van der Waals surface area contributed by atoms with Gasteiger partial charge in [-0.1, -0.05) is 62.3 Å². The minimum atomic E-state index is 0.339. The van der Waals surface area contributed by atoms with E-state index < -0.39 is 0 Å². The molecule has 0 heterocycles. The molecule has 0 amide bonds. The maximum atomic E-state index is 3.60. The van der Waals surface area contributed by atoms with Crippen molar-refractivity contribution < 1.29 is 0 Å². The molecule has 3 heteroatoms. The highest BCUT2D eigenvalue weighted by Gasteiger charge is 2.19. The fourth-order valence-corrected chi connectivity index (χ4v) is 1.59. The number of nitrogens with zero attached hydrogens (tertiary/aromatic N) is 1. The van der Waals surface area contributed by atoms with Crippen molar-refractivity contribution in [2.24, 2.45) is 22.7 Å². The minimum Gasteiger partial charge on any atom is -0.241 e. The first kappa shape index (κ1) is 20.9. The van der Waals surface area contributed by atoms with Crippen molar-refractivity contribution in [3.05, 3.63) is 0 Å². The standard InChI is InChI=1S/C18H41N3/c1-10-18(8,9)14-20-21(12-11-17(5,6)7)19-13-16(4)15(2)3/h15-16,19-20H,10-14H2,1-9H3. The fourth-order valence-electron chi connectivity index (χ4n) is 1.59. The lowest BCUT2D eigenvalue weighted by atomic mass is 9.90. The van der Waals surface area contributed by atoms with E-state index in [2.05, 4.69) is 78.3 Å². The van der Waals surface area contributed by atoms with Gasteiger partial charge in [-0.3, -0.25) is 0 Å². The predicted molar refractivity (Wildman–Crippen MR) is 94.9 cm³/mol. The molecule has 21 heavy (non-hydrogen) atoms. The molecule has 1 unspecified atom stereocenters. The molecule has 0 aromatic heterocycles. The van der Waals surface area contributed by atoms with E-state index in [-0.39, 0.29) is 0 Å². The Hall–Kier alpha value is -0.120. The number of hydrogen-bond donors (Lipinski definition) is 2. The maximum Gasteiger partial charge on any atom is 0.0293 e. The highest BCUT2D eigenvalue weighted by Crippen LogP contribution is 2.20. The van der Waals surface area contributed by atoms with Gasteiger partial charge >= 0.3 is 0 Å². The summed E-state index contributed by atoms with van der Waals surface area (Å²) in [6.45, 7) is 23.8. The second-order valence-electron chi connectivity index (χ2n) is 8.90. The smallest absolute Gasteiger partial charge is 0.0293 e. The first-order valence-electron chi connectivity index (χ1n) is 8.71. The molecule has 0 saturated heterocycles. The van der Waals surface area contributed by atoms with E-state index in [1.807, 2.05) is 0 Å². The Morgan fingerprint density at radius 2 is 1.52 bits per heavy atom. The predicted octanol–water partition coefficient (Wildman–Crippen LogP) is 4.46. The van der Waals surface area contributed by atoms with Gasteiger partial charge in [0.25, 0.3) is 0 Å². The van der Waals surface area contributed by atoms with Crippen LogP contribution in [0.5, 0.6) is 0 Å². The summed E-state index contributed by atoms with van der Waals surface area (Å²) in [5.74, 6) is 1.40. The average Bonchev–Trinajstić information content (AvgIpc) is 2.36. The molecule has 0 rings (SSSR count). The third-order valence-electron chi connectivity index (χ3n) is 4.53. The highest BCUT2D eigenvalue weighted by molar-refractivity contribution is 4.70. The molecule has 3 nitrogen and oxygen atoms in total. The minimum absolute atomic E-state index is 0.339. The van der Waals surface area contributed by atoms with Crippen LogP contribution in [0.4, 0.5) is 0 Å². The first-order valence-corrected chi connectivity index (χ1v) is 8.71. The van der Waals surface area contributed by atoms with Crippen molar-refractivity contribution in [2.75, 3.05) is 19.6 Å². The zero-order valence-electron chi connectivity index (χ0n) is 16.1. The van der Waals surface area contributed by atoms with Gasteiger partial charge in [0.15, 0.2) is 0 Å². The van der Waals surface area contributed by atoms with E-state index in [9.17, 15) is 0 Å². The average molecular weight is 300 g/mol. The van der Waals surface area contributed by atoms with Gasteiger partial charge in [0.1, 0.15) is 0 Å². The van der Waals surface area contributed by atoms with Crippen LogP contribution in [0.2, 0.25) is 0 Å². The number of hydrazine groups is 2. The van der Waals surface area contributed by atoms with Crippen LogP contribution >= 0.6 is 0 Å². The van der Waals surface area contributed by atoms with Gasteiger partial charge in [0.05, 0.1) is 0 Å². The summed E-state index contributed by atoms with van der Waals surface area (Å²) >= 11 is 0. The Kier molecular flexibility index (Phi) is 9.06. The largest absolute Gasteiger partial charge is 0.241 e. The van der Waals surface area contributed by atoms with E-state index in [1.54, 1.807) is 0 Å². The number of rotatable bonds is 10. The van der Waals surface area contributed by atoms with E-state index in [4.69, 9.17) is 0 Å². The quantitative estimate of drug-likeness (QED) is 0.583. The molecule has 0 radical (unpaired) electrons. The maximum absolute atomic E-state index is 3.60. The normalized spacial score (nSPS) is 15.0. The summed E-state index contributed by atoms with van der Waals surface area (Å²) in [5, 5.41) is 2.22. The van der Waals surface area contributed by atoms with Crippen LogP contribution in [-0.2, 0) is 0 Å². The van der Waals surface area contributed by atoms with Crippen molar-refractivity contribution in [3.63, 3.8) is 0 Å². The Labute approximate surface area is 134 Å². The van der Waals surface area contributed by atoms with Gasteiger partial charge in [-0.25, -0.2) is 10.9 Å². The zero-order chi connectivity index (χ0) is 16.7. The molecule has 0 aromatic carbocycles. The van der Waals surface area contributed by atoms with Gasteiger partial charge in [0, 0.05) is 19.6 Å². The van der Waals surface area contributed by atoms with Gasteiger partial charge < -0.3 is 0 Å². The third-order valence-corrected chi connectivity index (χ3v) is 4.53. The van der Waals surface area contributed by atoms with Gasteiger partial charge in [-0.15, -0.1) is 0 Å². The molecule has 0 aliphatic carbocycles. The summed E-state index contributed by atoms with van der Waals surface area (Å²) < 4.78 is 0. The van der Waals surface area contributed by atoms with E-state index in [0.717, 1.165) is 19.6 Å². The molecule has 0 aromatic rings. The van der Waals surface area contributed by atoms with Gasteiger partial charge in [-0.05, 0) is 35.5 Å². The van der Waals surface area contributed by atoms with Crippen molar-refractivity contribution >= 4 is 0 Å². The molecule has 2 N–H and O–H groups in total. The van der Waals surface area contributed by atoms with Gasteiger partial charge in [0.2, 0.25) is 0 Å². The van der Waals surface area contributed by atoms with Crippen molar-refractivity contribution in [2.45, 2.75) is 75.2 Å². The number of nitrogens with one attached hydrogen (secondary N) is 2. The summed E-state index contributed by atoms with van der Waals surface area (Å²) in [7, 11) is 0. The first-order chi connectivity index (χ1) is 9.47. The summed E-state index contributed by atoms with van der Waals surface area (Å²) in [6.07, 6.45) is 2.37. The Bertz CT molecular complexity index is 266. The monoisotopic (exact) mass is 299 g/mol. The van der Waals surface area contributed by atoms with Crippen molar-refractivity contribution in [1.82, 2.24) is 16.0 Å². The molecule has 0 bridgehead atoms. The fraction of sp³-hybridized carbons (Fsp3) is 1.00. The lowest BCUT2D eigenvalue weighted by Crippen LogP contribution is -2.53. The SMILES string of the molecule is CCC(C)(C)CNN(CCC(C)(C)C)NCC(C)C(C)C. The van der Waals surface area contributed by atoms with Crippen LogP contribution in [0.15, 0.2) is 0 Å². The van der Waals surface area contributed by atoms with Crippen LogP contribution in [0.3, 0.4) is 0 Å². The van der Waals surface area contributed by atoms with Crippen molar-refractivity contribution in [3.8, 4) is 0 Å². The summed E-state index contributed by atoms with van der Waals surface area (Å²) in [6, 6.07) is 0.